The molecular formula is C17H32N2O. The Morgan fingerprint density at radius 3 is 2.05 bits per heavy atom. The molecule has 1 aliphatic carbocycles. The molecular weight excluding hydrogens is 248 g/mol. The van der Waals surface area contributed by atoms with Crippen LogP contribution in [-0.2, 0) is 4.79 Å². The maximum Gasteiger partial charge on any atom is 0.225 e. The van der Waals surface area contributed by atoms with Crippen LogP contribution in [-0.4, -0.2) is 48.4 Å². The van der Waals surface area contributed by atoms with E-state index in [4.69, 9.17) is 0 Å². The summed E-state index contributed by atoms with van der Waals surface area (Å²) in [5, 5.41) is 0. The van der Waals surface area contributed by atoms with Gasteiger partial charge in [-0.1, -0.05) is 40.0 Å². The molecule has 0 N–H and O–H groups in total. The summed E-state index contributed by atoms with van der Waals surface area (Å²) >= 11 is 0. The fourth-order valence-corrected chi connectivity index (χ4v) is 3.70. The Morgan fingerprint density at radius 2 is 1.55 bits per heavy atom. The molecule has 0 bridgehead atoms. The summed E-state index contributed by atoms with van der Waals surface area (Å²) in [6.45, 7) is 11.6. The van der Waals surface area contributed by atoms with Gasteiger partial charge in [-0.05, 0) is 24.7 Å². The first kappa shape index (κ1) is 15.8. The van der Waals surface area contributed by atoms with E-state index in [-0.39, 0.29) is 5.92 Å². The fourth-order valence-electron chi connectivity index (χ4n) is 3.70. The Kier molecular flexibility index (Phi) is 5.88. The third-order valence-electron chi connectivity index (χ3n) is 5.24. The normalized spacial score (nSPS) is 28.9. The van der Waals surface area contributed by atoms with Crippen molar-refractivity contribution >= 4 is 5.91 Å². The highest BCUT2D eigenvalue weighted by molar-refractivity contribution is 5.78. The van der Waals surface area contributed by atoms with Crippen LogP contribution in [0.5, 0.6) is 0 Å². The smallest absolute Gasteiger partial charge is 0.225 e. The van der Waals surface area contributed by atoms with Crippen molar-refractivity contribution in [3.8, 4) is 0 Å². The van der Waals surface area contributed by atoms with E-state index in [1.807, 2.05) is 13.8 Å². The number of nitrogens with zero attached hydrogens (tertiary/aromatic N) is 2. The van der Waals surface area contributed by atoms with Crippen LogP contribution < -0.4 is 0 Å². The minimum absolute atomic E-state index is 0.144. The van der Waals surface area contributed by atoms with Crippen molar-refractivity contribution in [3.05, 3.63) is 0 Å². The van der Waals surface area contributed by atoms with Crippen molar-refractivity contribution in [1.82, 2.24) is 9.80 Å². The van der Waals surface area contributed by atoms with Crippen molar-refractivity contribution in [3.63, 3.8) is 0 Å². The Labute approximate surface area is 124 Å². The lowest BCUT2D eigenvalue weighted by Gasteiger charge is -2.38. The first-order valence-corrected chi connectivity index (χ1v) is 8.61. The van der Waals surface area contributed by atoms with Gasteiger partial charge in [-0.25, -0.2) is 0 Å². The third-order valence-corrected chi connectivity index (χ3v) is 5.24. The van der Waals surface area contributed by atoms with Crippen LogP contribution in [0.2, 0.25) is 0 Å². The van der Waals surface area contributed by atoms with Gasteiger partial charge in [-0.15, -0.1) is 0 Å². The molecule has 1 aliphatic heterocycles. The number of amides is 1. The Hall–Kier alpha value is -0.570. The van der Waals surface area contributed by atoms with Gasteiger partial charge < -0.3 is 4.90 Å². The molecule has 0 atom stereocenters. The minimum Gasteiger partial charge on any atom is -0.340 e. The van der Waals surface area contributed by atoms with Crippen LogP contribution in [0.15, 0.2) is 0 Å². The molecule has 20 heavy (non-hydrogen) atoms. The van der Waals surface area contributed by atoms with E-state index in [0.29, 0.717) is 5.91 Å². The van der Waals surface area contributed by atoms with Crippen LogP contribution >= 0.6 is 0 Å². The highest BCUT2D eigenvalue weighted by Crippen LogP contribution is 2.31. The largest absolute Gasteiger partial charge is 0.340 e. The SMILES string of the molecule is CCC1CCC(CN2CCN(C(=O)C(C)C)CC2)CC1. The van der Waals surface area contributed by atoms with Crippen LogP contribution in [0.3, 0.4) is 0 Å². The third kappa shape index (κ3) is 4.21. The molecule has 3 nitrogen and oxygen atoms in total. The summed E-state index contributed by atoms with van der Waals surface area (Å²) in [6, 6.07) is 0. The zero-order chi connectivity index (χ0) is 14.5. The van der Waals surface area contributed by atoms with Crippen molar-refractivity contribution in [2.75, 3.05) is 32.7 Å². The molecule has 2 aliphatic rings. The monoisotopic (exact) mass is 280 g/mol. The molecule has 116 valence electrons. The molecule has 0 aromatic rings. The van der Waals surface area contributed by atoms with Gasteiger partial charge in [-0.2, -0.15) is 0 Å². The fraction of sp³-hybridized carbons (Fsp3) is 0.941. The predicted octanol–water partition coefficient (Wildman–Crippen LogP) is 3.00. The molecule has 2 rings (SSSR count). The van der Waals surface area contributed by atoms with E-state index in [1.54, 1.807) is 0 Å². The van der Waals surface area contributed by atoms with Gasteiger partial charge in [0.05, 0.1) is 0 Å². The number of hydrogen-bond acceptors (Lipinski definition) is 2. The zero-order valence-electron chi connectivity index (χ0n) is 13.6. The molecule has 1 heterocycles. The molecule has 1 amide bonds. The second-order valence-corrected chi connectivity index (χ2v) is 7.08. The van der Waals surface area contributed by atoms with E-state index in [2.05, 4.69) is 16.7 Å². The van der Waals surface area contributed by atoms with E-state index in [9.17, 15) is 4.79 Å². The first-order chi connectivity index (χ1) is 9.60. The number of carbonyl (C=O) groups excluding carboxylic acids is 1. The lowest BCUT2D eigenvalue weighted by molar-refractivity contribution is -0.136. The first-order valence-electron chi connectivity index (χ1n) is 8.61. The molecule has 1 saturated carbocycles. The van der Waals surface area contributed by atoms with Gasteiger partial charge in [0.15, 0.2) is 0 Å². The number of piperazine rings is 1. The molecule has 0 spiro atoms. The van der Waals surface area contributed by atoms with Crippen LogP contribution in [0, 0.1) is 17.8 Å². The van der Waals surface area contributed by atoms with Gasteiger partial charge in [0.25, 0.3) is 0 Å². The highest BCUT2D eigenvalue weighted by Gasteiger charge is 2.26. The average molecular weight is 280 g/mol. The summed E-state index contributed by atoms with van der Waals surface area (Å²) < 4.78 is 0. The average Bonchev–Trinajstić information content (AvgIpc) is 2.48. The molecule has 0 unspecified atom stereocenters. The summed E-state index contributed by atoms with van der Waals surface area (Å²) in [7, 11) is 0. The second kappa shape index (κ2) is 7.44. The van der Waals surface area contributed by atoms with Crippen molar-refractivity contribution < 1.29 is 4.79 Å². The summed E-state index contributed by atoms with van der Waals surface area (Å²) in [5.41, 5.74) is 0. The zero-order valence-corrected chi connectivity index (χ0v) is 13.6. The maximum atomic E-state index is 12.0. The number of rotatable bonds is 4. The van der Waals surface area contributed by atoms with Gasteiger partial charge in [0.2, 0.25) is 5.91 Å². The summed E-state index contributed by atoms with van der Waals surface area (Å²) in [6.07, 6.45) is 7.08. The van der Waals surface area contributed by atoms with Crippen molar-refractivity contribution in [2.24, 2.45) is 17.8 Å². The Bertz CT molecular complexity index is 300. The van der Waals surface area contributed by atoms with E-state index in [0.717, 1.165) is 38.0 Å². The molecule has 1 saturated heterocycles. The molecule has 3 heteroatoms. The Morgan fingerprint density at radius 1 is 1.00 bits per heavy atom. The van der Waals surface area contributed by atoms with Crippen LogP contribution in [0.25, 0.3) is 0 Å². The molecule has 0 aromatic heterocycles. The summed E-state index contributed by atoms with van der Waals surface area (Å²) in [5.74, 6) is 2.37. The second-order valence-electron chi connectivity index (χ2n) is 7.08. The van der Waals surface area contributed by atoms with Gasteiger partial charge >= 0.3 is 0 Å². The topological polar surface area (TPSA) is 23.6 Å². The van der Waals surface area contributed by atoms with Gasteiger partial charge in [0.1, 0.15) is 0 Å². The number of carbonyl (C=O) groups is 1. The minimum atomic E-state index is 0.144. The number of hydrogen-bond donors (Lipinski definition) is 0. The lowest BCUT2D eigenvalue weighted by Crippen LogP contribution is -2.50. The predicted molar refractivity (Wildman–Crippen MR) is 83.6 cm³/mol. The Balaban J connectivity index is 1.68. The maximum absolute atomic E-state index is 12.0. The molecule has 0 aromatic carbocycles. The molecule has 2 fully saturated rings. The van der Waals surface area contributed by atoms with Crippen LogP contribution in [0.4, 0.5) is 0 Å². The quantitative estimate of drug-likeness (QED) is 0.790. The van der Waals surface area contributed by atoms with Crippen molar-refractivity contribution in [1.29, 1.82) is 0 Å². The van der Waals surface area contributed by atoms with E-state index in [1.165, 1.54) is 38.6 Å². The lowest BCUT2D eigenvalue weighted by atomic mass is 9.80. The van der Waals surface area contributed by atoms with E-state index >= 15 is 0 Å². The van der Waals surface area contributed by atoms with Crippen LogP contribution in [0.1, 0.15) is 52.9 Å². The molecule has 0 radical (unpaired) electrons. The van der Waals surface area contributed by atoms with Gasteiger partial charge in [-0.3, -0.25) is 9.69 Å². The van der Waals surface area contributed by atoms with E-state index < -0.39 is 0 Å². The standard InChI is InChI=1S/C17H32N2O/c1-4-15-5-7-16(8-6-15)13-18-9-11-19(12-10-18)17(20)14(2)3/h14-16H,4-13H2,1-3H3. The highest BCUT2D eigenvalue weighted by atomic mass is 16.2. The van der Waals surface area contributed by atoms with Crippen molar-refractivity contribution in [2.45, 2.75) is 52.9 Å². The summed E-state index contributed by atoms with van der Waals surface area (Å²) in [4.78, 5) is 16.6. The van der Waals surface area contributed by atoms with Gasteiger partial charge in [0, 0.05) is 38.6 Å².